The zero-order valence-corrected chi connectivity index (χ0v) is 26.7. The van der Waals surface area contributed by atoms with Gasteiger partial charge in [0.2, 0.25) is 11.9 Å². The number of nitrogens with one attached hydrogen (secondary N) is 3. The Kier molecular flexibility index (Phi) is 8.90. The minimum Gasteiger partial charge on any atom is -0.494 e. The molecule has 5 rings (SSSR count). The van der Waals surface area contributed by atoms with Gasteiger partial charge < -0.3 is 35.2 Å². The Bertz CT molecular complexity index is 1630. The third-order valence-corrected chi connectivity index (χ3v) is 8.73. The summed E-state index contributed by atoms with van der Waals surface area (Å²) in [6, 6.07) is 8.33. The highest BCUT2D eigenvalue weighted by molar-refractivity contribution is 6.31. The second kappa shape index (κ2) is 12.5. The number of amides is 1. The van der Waals surface area contributed by atoms with Crippen molar-refractivity contribution in [3.8, 4) is 5.75 Å². The average Bonchev–Trinajstić information content (AvgIpc) is 3.66. The lowest BCUT2D eigenvalue weighted by Crippen LogP contribution is -2.36. The van der Waals surface area contributed by atoms with E-state index in [1.54, 1.807) is 33.1 Å². The first kappa shape index (κ1) is 32.0. The Morgan fingerprint density at radius 3 is 2.58 bits per heavy atom. The van der Waals surface area contributed by atoms with Crippen LogP contribution in [-0.2, 0) is 19.9 Å². The van der Waals surface area contributed by atoms with E-state index in [0.29, 0.717) is 46.7 Å². The zero-order valence-electron chi connectivity index (χ0n) is 25.9. The van der Waals surface area contributed by atoms with Crippen LogP contribution in [0.2, 0.25) is 5.02 Å². The summed E-state index contributed by atoms with van der Waals surface area (Å²) in [5.41, 5.74) is 1.80. The molecule has 0 unspecified atom stereocenters. The number of methoxy groups -OCH3 is 1. The van der Waals surface area contributed by atoms with E-state index in [-0.39, 0.29) is 22.3 Å². The van der Waals surface area contributed by atoms with Gasteiger partial charge in [0, 0.05) is 48.1 Å². The largest absolute Gasteiger partial charge is 0.494 e. The SMILES string of the molecule is C=CC(=O)Nc1cc(Nc2nccc(Nc3cc(Cl)c(F)cc3C(C)(C)OC=O)n2)c(OC)cc1N1C[C@H](N(C)C)C2(CC2)C1. The van der Waals surface area contributed by atoms with Gasteiger partial charge >= 0.3 is 0 Å². The third kappa shape index (κ3) is 6.66. The smallest absolute Gasteiger partial charge is 0.293 e. The first-order valence-corrected chi connectivity index (χ1v) is 14.8. The third-order valence-electron chi connectivity index (χ3n) is 8.44. The van der Waals surface area contributed by atoms with Crippen LogP contribution in [0.4, 0.5) is 38.9 Å². The van der Waals surface area contributed by atoms with E-state index in [4.69, 9.17) is 21.1 Å². The molecular formula is C32H37ClFN7O4. The van der Waals surface area contributed by atoms with Crippen molar-refractivity contribution >= 4 is 58.5 Å². The Morgan fingerprint density at radius 2 is 1.96 bits per heavy atom. The number of hydrogen-bond donors (Lipinski definition) is 3. The molecule has 2 aromatic carbocycles. The maximum Gasteiger partial charge on any atom is 0.293 e. The second-order valence-corrected chi connectivity index (χ2v) is 12.4. The van der Waals surface area contributed by atoms with E-state index in [9.17, 15) is 14.0 Å². The highest BCUT2D eigenvalue weighted by Gasteiger charge is 2.56. The Hall–Kier alpha value is -4.42. The Labute approximate surface area is 266 Å². The predicted molar refractivity (Wildman–Crippen MR) is 173 cm³/mol. The number of likely N-dealkylation sites (N-methyl/N-ethyl adjacent to an activating group) is 1. The fourth-order valence-electron chi connectivity index (χ4n) is 5.96. The molecule has 2 heterocycles. The molecule has 3 aromatic rings. The van der Waals surface area contributed by atoms with Crippen molar-refractivity contribution < 1.29 is 23.5 Å². The Morgan fingerprint density at radius 1 is 1.20 bits per heavy atom. The van der Waals surface area contributed by atoms with Crippen LogP contribution in [-0.4, -0.2) is 67.6 Å². The molecule has 45 heavy (non-hydrogen) atoms. The van der Waals surface area contributed by atoms with Crippen LogP contribution >= 0.6 is 11.6 Å². The fourth-order valence-corrected chi connectivity index (χ4v) is 6.12. The first-order chi connectivity index (χ1) is 21.4. The average molecular weight is 638 g/mol. The molecule has 2 aliphatic rings. The number of nitrogens with zero attached hydrogens (tertiary/aromatic N) is 4. The van der Waals surface area contributed by atoms with Gasteiger partial charge in [-0.3, -0.25) is 9.59 Å². The van der Waals surface area contributed by atoms with E-state index in [1.165, 1.54) is 37.2 Å². The Balaban J connectivity index is 1.46. The second-order valence-electron chi connectivity index (χ2n) is 12.0. The number of carbonyl (C=O) groups excluding carboxylic acids is 2. The summed E-state index contributed by atoms with van der Waals surface area (Å²) < 4.78 is 25.4. The van der Waals surface area contributed by atoms with Gasteiger partial charge in [-0.1, -0.05) is 18.2 Å². The van der Waals surface area contributed by atoms with E-state index in [0.717, 1.165) is 18.8 Å². The predicted octanol–water partition coefficient (Wildman–Crippen LogP) is 5.83. The maximum atomic E-state index is 14.4. The molecule has 13 heteroatoms. The van der Waals surface area contributed by atoms with Gasteiger partial charge in [-0.05, 0) is 71.1 Å². The van der Waals surface area contributed by atoms with Crippen LogP contribution in [0.5, 0.6) is 5.75 Å². The summed E-state index contributed by atoms with van der Waals surface area (Å²) in [6.45, 7) is 8.88. The molecule has 1 saturated heterocycles. The van der Waals surface area contributed by atoms with Crippen molar-refractivity contribution in [2.45, 2.75) is 38.3 Å². The topological polar surface area (TPSA) is 121 Å². The summed E-state index contributed by atoms with van der Waals surface area (Å²) in [6.07, 6.45) is 5.11. The standard InChI is InChI=1S/C32H37ClFN7O4/c1-7-29(43)37-23-14-24(26(44-6)15-25(23)41-16-27(40(4)5)32(17-41)9-10-32)38-30-35-11-8-28(39-30)36-22-13-20(33)21(34)12-19(22)31(2,3)45-18-42/h7-8,11-15,18,27H,1,9-10,16-17H2,2-6H3,(H,37,43)(H2,35,36,38,39)/t27-/m0/s1. The van der Waals surface area contributed by atoms with E-state index < -0.39 is 11.4 Å². The van der Waals surface area contributed by atoms with Gasteiger partial charge in [-0.2, -0.15) is 4.98 Å². The van der Waals surface area contributed by atoms with E-state index in [2.05, 4.69) is 56.4 Å². The molecule has 0 bridgehead atoms. The van der Waals surface area contributed by atoms with Gasteiger partial charge in [0.15, 0.2) is 0 Å². The number of aromatic nitrogens is 2. The highest BCUT2D eigenvalue weighted by atomic mass is 35.5. The molecule has 1 saturated carbocycles. The normalized spacial score (nSPS) is 16.8. The fraction of sp³-hybridized carbons (Fsp3) is 0.375. The number of anilines is 6. The van der Waals surface area contributed by atoms with E-state index >= 15 is 0 Å². The van der Waals surface area contributed by atoms with Crippen molar-refractivity contribution in [3.63, 3.8) is 0 Å². The van der Waals surface area contributed by atoms with Gasteiger partial charge in [0.25, 0.3) is 6.47 Å². The number of benzene rings is 2. The van der Waals surface area contributed by atoms with Crippen molar-refractivity contribution in [1.29, 1.82) is 0 Å². The molecule has 0 radical (unpaired) electrons. The number of rotatable bonds is 12. The summed E-state index contributed by atoms with van der Waals surface area (Å²) in [7, 11) is 5.79. The maximum absolute atomic E-state index is 14.4. The van der Waals surface area contributed by atoms with E-state index in [1.807, 2.05) is 6.07 Å². The highest BCUT2D eigenvalue weighted by Crippen LogP contribution is 2.56. The number of ether oxygens (including phenoxy) is 2. The minimum atomic E-state index is -1.16. The van der Waals surface area contributed by atoms with Gasteiger partial charge in [-0.15, -0.1) is 0 Å². The molecular weight excluding hydrogens is 601 g/mol. The van der Waals surface area contributed by atoms with Gasteiger partial charge in [0.05, 0.1) is 29.2 Å². The van der Waals surface area contributed by atoms with Crippen LogP contribution in [0.1, 0.15) is 32.3 Å². The molecule has 1 amide bonds. The lowest BCUT2D eigenvalue weighted by atomic mass is 9.95. The number of halogens is 2. The van der Waals surface area contributed by atoms with Crippen LogP contribution < -0.4 is 25.6 Å². The van der Waals surface area contributed by atoms with Crippen LogP contribution in [0.25, 0.3) is 0 Å². The number of carbonyl (C=O) groups is 2. The summed E-state index contributed by atoms with van der Waals surface area (Å²) >= 11 is 6.09. The molecule has 238 valence electrons. The molecule has 11 nitrogen and oxygen atoms in total. The van der Waals surface area contributed by atoms with Crippen molar-refractivity contribution in [2.24, 2.45) is 5.41 Å². The number of hydrogen-bond acceptors (Lipinski definition) is 10. The van der Waals surface area contributed by atoms with Crippen molar-refractivity contribution in [3.05, 3.63) is 65.6 Å². The monoisotopic (exact) mass is 637 g/mol. The van der Waals surface area contributed by atoms with Crippen LogP contribution in [0, 0.1) is 11.2 Å². The van der Waals surface area contributed by atoms with Crippen molar-refractivity contribution in [2.75, 3.05) is 55.1 Å². The summed E-state index contributed by atoms with van der Waals surface area (Å²) in [4.78, 5) is 37.1. The van der Waals surface area contributed by atoms with Gasteiger partial charge in [-0.25, -0.2) is 9.37 Å². The lowest BCUT2D eigenvalue weighted by Gasteiger charge is -2.26. The summed E-state index contributed by atoms with van der Waals surface area (Å²) in [5, 5.41) is 9.16. The molecule has 1 aromatic heterocycles. The quantitative estimate of drug-likeness (QED) is 0.165. The molecule has 1 aliphatic carbocycles. The first-order valence-electron chi connectivity index (χ1n) is 14.4. The van der Waals surface area contributed by atoms with Crippen LogP contribution in [0.15, 0.2) is 49.2 Å². The minimum absolute atomic E-state index is 0.114. The molecule has 3 N–H and O–H groups in total. The molecule has 1 aliphatic heterocycles. The van der Waals surface area contributed by atoms with Crippen LogP contribution in [0.3, 0.4) is 0 Å². The zero-order chi connectivity index (χ0) is 32.5. The molecule has 1 spiro atoms. The molecule has 2 fully saturated rings. The van der Waals surface area contributed by atoms with Gasteiger partial charge in [0.1, 0.15) is 23.0 Å². The van der Waals surface area contributed by atoms with Crippen molar-refractivity contribution in [1.82, 2.24) is 14.9 Å². The summed E-state index contributed by atoms with van der Waals surface area (Å²) in [5.74, 6) is 0.112. The molecule has 1 atom stereocenters. The lowest BCUT2D eigenvalue weighted by molar-refractivity contribution is -0.141.